The second kappa shape index (κ2) is 8.05. The van der Waals surface area contributed by atoms with E-state index in [9.17, 15) is 13.2 Å². The molecular formula is C22H21F3N2S. The van der Waals surface area contributed by atoms with Gasteiger partial charge in [-0.25, -0.2) is 13.2 Å². The molecule has 1 saturated heterocycles. The summed E-state index contributed by atoms with van der Waals surface area (Å²) in [6.45, 7) is 4.76. The smallest absolute Gasteiger partial charge is 0.150 e. The van der Waals surface area contributed by atoms with Crippen LogP contribution in [0.2, 0.25) is 0 Å². The number of halogens is 3. The lowest BCUT2D eigenvalue weighted by Gasteiger charge is -2.26. The van der Waals surface area contributed by atoms with Crippen molar-refractivity contribution in [3.63, 3.8) is 0 Å². The molecule has 2 aromatic carbocycles. The van der Waals surface area contributed by atoms with Gasteiger partial charge in [-0.3, -0.25) is 4.90 Å². The molecule has 0 atom stereocenters. The van der Waals surface area contributed by atoms with E-state index in [2.05, 4.69) is 4.90 Å². The van der Waals surface area contributed by atoms with E-state index in [1.54, 1.807) is 16.7 Å². The molecule has 1 aliphatic rings. The second-order valence-corrected chi connectivity index (χ2v) is 8.19. The van der Waals surface area contributed by atoms with E-state index in [1.165, 1.54) is 24.3 Å². The minimum atomic E-state index is -0.622. The van der Waals surface area contributed by atoms with Gasteiger partial charge >= 0.3 is 0 Å². The van der Waals surface area contributed by atoms with Gasteiger partial charge in [-0.2, -0.15) is 11.8 Å². The zero-order chi connectivity index (χ0) is 19.7. The zero-order valence-electron chi connectivity index (χ0n) is 15.6. The van der Waals surface area contributed by atoms with Gasteiger partial charge in [0.15, 0.2) is 0 Å². The van der Waals surface area contributed by atoms with E-state index in [1.807, 2.05) is 24.8 Å². The van der Waals surface area contributed by atoms with Crippen molar-refractivity contribution in [1.29, 1.82) is 0 Å². The third-order valence-electron chi connectivity index (χ3n) is 5.14. The first-order chi connectivity index (χ1) is 13.5. The third-order valence-corrected chi connectivity index (χ3v) is 6.08. The van der Waals surface area contributed by atoms with E-state index in [0.717, 1.165) is 59.7 Å². The third kappa shape index (κ3) is 3.84. The quantitative estimate of drug-likeness (QED) is 0.576. The van der Waals surface area contributed by atoms with Crippen LogP contribution in [-0.2, 0) is 6.54 Å². The summed E-state index contributed by atoms with van der Waals surface area (Å²) in [4.78, 5) is 2.39. The molecule has 0 unspecified atom stereocenters. The second-order valence-electron chi connectivity index (χ2n) is 6.97. The predicted molar refractivity (Wildman–Crippen MR) is 108 cm³/mol. The highest BCUT2D eigenvalue weighted by atomic mass is 32.2. The van der Waals surface area contributed by atoms with Gasteiger partial charge in [0.1, 0.15) is 17.5 Å². The first-order valence-electron chi connectivity index (χ1n) is 9.25. The highest BCUT2D eigenvalue weighted by Gasteiger charge is 2.20. The van der Waals surface area contributed by atoms with Gasteiger partial charge in [0.05, 0.1) is 11.4 Å². The van der Waals surface area contributed by atoms with Crippen LogP contribution in [0.15, 0.2) is 48.5 Å². The Morgan fingerprint density at radius 2 is 1.57 bits per heavy atom. The molecule has 146 valence electrons. The Hall–Kier alpha value is -2.18. The van der Waals surface area contributed by atoms with Crippen LogP contribution in [0.4, 0.5) is 13.2 Å². The summed E-state index contributed by atoms with van der Waals surface area (Å²) >= 11 is 1.95. The SMILES string of the molecule is Cc1c(CN2CCSCC2)cc(-c2ccc(F)cc2)n1-c1ccc(F)cc1F. The maximum atomic E-state index is 14.6. The molecule has 1 aliphatic heterocycles. The number of rotatable bonds is 4. The van der Waals surface area contributed by atoms with Gasteiger partial charge < -0.3 is 4.57 Å². The number of hydrogen-bond acceptors (Lipinski definition) is 2. The van der Waals surface area contributed by atoms with Crippen LogP contribution in [0.5, 0.6) is 0 Å². The van der Waals surface area contributed by atoms with E-state index in [4.69, 9.17) is 0 Å². The highest BCUT2D eigenvalue weighted by Crippen LogP contribution is 2.32. The fourth-order valence-electron chi connectivity index (χ4n) is 3.62. The van der Waals surface area contributed by atoms with Crippen LogP contribution in [0.25, 0.3) is 16.9 Å². The standard InChI is InChI=1S/C22H21F3N2S/c1-15-17(14-26-8-10-28-11-9-26)12-22(16-2-4-18(23)5-3-16)27(15)21-7-6-19(24)13-20(21)25/h2-7,12-13H,8-11,14H2,1H3. The number of benzene rings is 2. The van der Waals surface area contributed by atoms with Crippen molar-refractivity contribution in [3.05, 3.63) is 77.2 Å². The molecule has 4 rings (SSSR count). The van der Waals surface area contributed by atoms with Gasteiger partial charge in [0.2, 0.25) is 0 Å². The maximum absolute atomic E-state index is 14.6. The lowest BCUT2D eigenvalue weighted by atomic mass is 10.1. The first-order valence-corrected chi connectivity index (χ1v) is 10.4. The van der Waals surface area contributed by atoms with Gasteiger partial charge in [-0.1, -0.05) is 0 Å². The van der Waals surface area contributed by atoms with E-state index in [0.29, 0.717) is 5.69 Å². The Kier molecular flexibility index (Phi) is 5.51. The first kappa shape index (κ1) is 19.2. The minimum absolute atomic E-state index is 0.290. The molecule has 0 saturated carbocycles. The molecule has 2 nitrogen and oxygen atoms in total. The number of aromatic nitrogens is 1. The normalized spacial score (nSPS) is 15.1. The minimum Gasteiger partial charge on any atom is -0.311 e. The summed E-state index contributed by atoms with van der Waals surface area (Å²) < 4.78 is 43.3. The molecule has 1 fully saturated rings. The van der Waals surface area contributed by atoms with Crippen molar-refractivity contribution in [2.45, 2.75) is 13.5 Å². The van der Waals surface area contributed by atoms with E-state index in [-0.39, 0.29) is 5.82 Å². The fraction of sp³-hybridized carbons (Fsp3) is 0.273. The summed E-state index contributed by atoms with van der Waals surface area (Å²) in [6, 6.07) is 11.8. The van der Waals surface area contributed by atoms with E-state index >= 15 is 0 Å². The molecule has 0 amide bonds. The molecule has 0 N–H and O–H groups in total. The molecule has 0 spiro atoms. The van der Waals surface area contributed by atoms with Crippen molar-refractivity contribution < 1.29 is 13.2 Å². The topological polar surface area (TPSA) is 8.17 Å². The average Bonchev–Trinajstić information content (AvgIpc) is 3.00. The van der Waals surface area contributed by atoms with Crippen LogP contribution in [0.1, 0.15) is 11.3 Å². The Morgan fingerprint density at radius 3 is 2.25 bits per heavy atom. The molecule has 1 aromatic heterocycles. The lowest BCUT2D eigenvalue weighted by Crippen LogP contribution is -2.32. The zero-order valence-corrected chi connectivity index (χ0v) is 16.4. The van der Waals surface area contributed by atoms with Crippen LogP contribution in [-0.4, -0.2) is 34.1 Å². The average molecular weight is 402 g/mol. The molecule has 3 aromatic rings. The van der Waals surface area contributed by atoms with E-state index < -0.39 is 11.6 Å². The Balaban J connectivity index is 1.82. The number of hydrogen-bond donors (Lipinski definition) is 0. The van der Waals surface area contributed by atoms with Crippen molar-refractivity contribution in [1.82, 2.24) is 9.47 Å². The van der Waals surface area contributed by atoms with Crippen molar-refractivity contribution in [3.8, 4) is 16.9 Å². The summed E-state index contributed by atoms with van der Waals surface area (Å²) in [7, 11) is 0. The summed E-state index contributed by atoms with van der Waals surface area (Å²) in [5, 5.41) is 0. The lowest BCUT2D eigenvalue weighted by molar-refractivity contribution is 0.294. The van der Waals surface area contributed by atoms with Gasteiger partial charge in [-0.05, 0) is 60.5 Å². The number of nitrogens with zero attached hydrogens (tertiary/aromatic N) is 2. The van der Waals surface area contributed by atoms with Crippen molar-refractivity contribution in [2.24, 2.45) is 0 Å². The van der Waals surface area contributed by atoms with Crippen molar-refractivity contribution >= 4 is 11.8 Å². The predicted octanol–water partition coefficient (Wildman–Crippen LogP) is 5.42. The largest absolute Gasteiger partial charge is 0.311 e. The van der Waals surface area contributed by atoms with Crippen LogP contribution in [0.3, 0.4) is 0 Å². The Morgan fingerprint density at radius 1 is 0.893 bits per heavy atom. The Labute approximate surface area is 167 Å². The molecule has 6 heteroatoms. The van der Waals surface area contributed by atoms with Gasteiger partial charge in [0.25, 0.3) is 0 Å². The van der Waals surface area contributed by atoms with Crippen LogP contribution in [0, 0.1) is 24.4 Å². The van der Waals surface area contributed by atoms with Gasteiger partial charge in [-0.15, -0.1) is 0 Å². The molecule has 28 heavy (non-hydrogen) atoms. The monoisotopic (exact) mass is 402 g/mol. The van der Waals surface area contributed by atoms with Gasteiger partial charge in [0, 0.05) is 42.9 Å². The molecule has 0 radical (unpaired) electrons. The van der Waals surface area contributed by atoms with Crippen molar-refractivity contribution in [2.75, 3.05) is 24.6 Å². The molecule has 2 heterocycles. The summed E-state index contributed by atoms with van der Waals surface area (Å²) in [5.41, 5.74) is 3.84. The number of thioether (sulfide) groups is 1. The van der Waals surface area contributed by atoms with Crippen LogP contribution >= 0.6 is 11.8 Å². The summed E-state index contributed by atoms with van der Waals surface area (Å²) in [6.07, 6.45) is 0. The highest BCUT2D eigenvalue weighted by molar-refractivity contribution is 7.99. The van der Waals surface area contributed by atoms with Crippen LogP contribution < -0.4 is 0 Å². The summed E-state index contributed by atoms with van der Waals surface area (Å²) in [5.74, 6) is 0.662. The molecule has 0 bridgehead atoms. The fourth-order valence-corrected chi connectivity index (χ4v) is 4.60. The Bertz CT molecular complexity index is 976. The molecular weight excluding hydrogens is 381 g/mol. The molecule has 0 aliphatic carbocycles. The maximum Gasteiger partial charge on any atom is 0.150 e.